The Morgan fingerprint density at radius 2 is 1.94 bits per heavy atom. The van der Waals surface area contributed by atoms with Crippen LogP contribution in [0.1, 0.15) is 39.1 Å². The molecular weight excluding hydrogens is 446 g/mol. The molecule has 2 aliphatic rings. The number of carboxylic acid groups (broad SMARTS) is 1. The van der Waals surface area contributed by atoms with E-state index in [9.17, 15) is 9.59 Å². The molecule has 0 atom stereocenters. The summed E-state index contributed by atoms with van der Waals surface area (Å²) < 4.78 is 11.5. The number of para-hydroxylation sites is 1. The van der Waals surface area contributed by atoms with Crippen molar-refractivity contribution >= 4 is 23.4 Å². The van der Waals surface area contributed by atoms with E-state index in [1.54, 1.807) is 36.5 Å². The largest absolute Gasteiger partial charge is 0.493 e. The second kappa shape index (κ2) is 10.0. The van der Waals surface area contributed by atoms with Gasteiger partial charge in [0.05, 0.1) is 36.2 Å². The van der Waals surface area contributed by atoms with Crippen LogP contribution in [0.15, 0.2) is 60.8 Å². The summed E-state index contributed by atoms with van der Waals surface area (Å²) in [5.41, 5.74) is 2.47. The maximum atomic E-state index is 12.7. The zero-order valence-corrected chi connectivity index (χ0v) is 19.3. The molecule has 0 unspecified atom stereocenters. The number of hydrogen-bond acceptors (Lipinski definition) is 6. The molecule has 1 saturated heterocycles. The number of carboxylic acids is 1. The number of amides is 1. The number of ether oxygens (including phenoxy) is 2. The number of benzene rings is 2. The average molecular weight is 474 g/mol. The van der Waals surface area contributed by atoms with Crippen molar-refractivity contribution in [2.45, 2.75) is 19.3 Å². The second-order valence-electron chi connectivity index (χ2n) is 8.83. The molecule has 2 N–H and O–H groups in total. The van der Waals surface area contributed by atoms with Gasteiger partial charge in [-0.05, 0) is 60.7 Å². The van der Waals surface area contributed by atoms with Gasteiger partial charge in [0.1, 0.15) is 17.3 Å². The first kappa shape index (κ1) is 22.7. The predicted molar refractivity (Wildman–Crippen MR) is 132 cm³/mol. The second-order valence-corrected chi connectivity index (χ2v) is 8.83. The molecule has 0 radical (unpaired) electrons. The summed E-state index contributed by atoms with van der Waals surface area (Å²) in [6, 6.07) is 16.0. The maximum absolute atomic E-state index is 12.7. The lowest BCUT2D eigenvalue weighted by molar-refractivity contribution is 0.0696. The van der Waals surface area contributed by atoms with Gasteiger partial charge in [0.2, 0.25) is 0 Å². The molecule has 2 aromatic carbocycles. The quantitative estimate of drug-likeness (QED) is 0.529. The number of nitrogens with one attached hydrogen (secondary N) is 1. The van der Waals surface area contributed by atoms with Crippen molar-refractivity contribution in [1.82, 2.24) is 4.98 Å². The van der Waals surface area contributed by atoms with Gasteiger partial charge in [0.15, 0.2) is 0 Å². The molecule has 0 bridgehead atoms. The molecule has 0 spiro atoms. The van der Waals surface area contributed by atoms with Crippen molar-refractivity contribution in [1.29, 1.82) is 0 Å². The minimum absolute atomic E-state index is 0.201. The highest BCUT2D eigenvalue weighted by Crippen LogP contribution is 2.30. The fraction of sp³-hybridized carbons (Fsp3) is 0.296. The monoisotopic (exact) mass is 473 g/mol. The van der Waals surface area contributed by atoms with Crippen LogP contribution in [0.5, 0.6) is 11.5 Å². The number of anilines is 2. The number of fused-ring (bicyclic) bond motifs is 1. The van der Waals surface area contributed by atoms with Crippen LogP contribution in [0.4, 0.5) is 11.5 Å². The maximum Gasteiger partial charge on any atom is 0.335 e. The van der Waals surface area contributed by atoms with Crippen molar-refractivity contribution in [2.24, 2.45) is 5.92 Å². The van der Waals surface area contributed by atoms with Crippen molar-refractivity contribution in [3.8, 4) is 11.5 Å². The van der Waals surface area contributed by atoms with E-state index < -0.39 is 5.97 Å². The van der Waals surface area contributed by atoms with Crippen molar-refractivity contribution in [3.05, 3.63) is 77.5 Å². The molecule has 1 aromatic heterocycles. The minimum atomic E-state index is -0.959. The van der Waals surface area contributed by atoms with Gasteiger partial charge in [-0.2, -0.15) is 0 Å². The van der Waals surface area contributed by atoms with E-state index in [-0.39, 0.29) is 11.5 Å². The van der Waals surface area contributed by atoms with E-state index in [1.165, 1.54) is 0 Å². The Labute approximate surface area is 203 Å². The molecule has 8 nitrogen and oxygen atoms in total. The summed E-state index contributed by atoms with van der Waals surface area (Å²) in [6.45, 7) is 2.88. The highest BCUT2D eigenvalue weighted by Gasteiger charge is 2.22. The van der Waals surface area contributed by atoms with Crippen molar-refractivity contribution < 1.29 is 24.2 Å². The average Bonchev–Trinajstić information content (AvgIpc) is 3.37. The van der Waals surface area contributed by atoms with Gasteiger partial charge in [0.25, 0.3) is 5.91 Å². The molecule has 2 aliphatic heterocycles. The molecule has 8 heteroatoms. The summed E-state index contributed by atoms with van der Waals surface area (Å²) in [7, 11) is 0. The molecule has 3 aromatic rings. The van der Waals surface area contributed by atoms with E-state index in [2.05, 4.69) is 15.2 Å². The summed E-state index contributed by atoms with van der Waals surface area (Å²) in [4.78, 5) is 30.6. The van der Waals surface area contributed by atoms with Crippen LogP contribution in [0.25, 0.3) is 0 Å². The lowest BCUT2D eigenvalue weighted by Gasteiger charge is -2.32. The van der Waals surface area contributed by atoms with Crippen LogP contribution in [-0.2, 0) is 6.42 Å². The molecule has 180 valence electrons. The number of carbonyl (C=O) groups excluding carboxylic acids is 1. The topological polar surface area (TPSA) is 101 Å². The van der Waals surface area contributed by atoms with Crippen LogP contribution >= 0.6 is 0 Å². The van der Waals surface area contributed by atoms with Crippen molar-refractivity contribution in [2.75, 3.05) is 36.5 Å². The van der Waals surface area contributed by atoms with Gasteiger partial charge in [-0.15, -0.1) is 0 Å². The Hall–Kier alpha value is -4.07. The predicted octanol–water partition coefficient (Wildman–Crippen LogP) is 4.26. The number of carbonyl (C=O) groups is 2. The lowest BCUT2D eigenvalue weighted by Crippen LogP contribution is -2.36. The third-order valence-electron chi connectivity index (χ3n) is 6.47. The van der Waals surface area contributed by atoms with E-state index in [0.29, 0.717) is 41.9 Å². The lowest BCUT2D eigenvalue weighted by atomic mass is 9.98. The zero-order valence-electron chi connectivity index (χ0n) is 19.3. The van der Waals surface area contributed by atoms with Crippen LogP contribution in [0, 0.1) is 5.92 Å². The Kier molecular flexibility index (Phi) is 6.52. The Balaban J connectivity index is 1.12. The Bertz CT molecular complexity index is 1220. The number of hydrogen-bond donors (Lipinski definition) is 2. The van der Waals surface area contributed by atoms with E-state index >= 15 is 0 Å². The number of aromatic nitrogens is 1. The molecule has 0 saturated carbocycles. The third-order valence-corrected chi connectivity index (χ3v) is 6.47. The van der Waals surface area contributed by atoms with Gasteiger partial charge in [0, 0.05) is 19.5 Å². The van der Waals surface area contributed by atoms with Gasteiger partial charge >= 0.3 is 5.97 Å². The van der Waals surface area contributed by atoms with Gasteiger partial charge in [-0.25, -0.2) is 9.78 Å². The van der Waals surface area contributed by atoms with E-state index in [0.717, 1.165) is 43.7 Å². The Morgan fingerprint density at radius 3 is 2.71 bits per heavy atom. The SMILES string of the molecule is O=C(O)c1cccc(OCC2CCN(c3ccc(NC(=O)c4cccc5c4OCC5)cn3)CC2)c1. The zero-order chi connectivity index (χ0) is 24.2. The number of pyridine rings is 1. The summed E-state index contributed by atoms with van der Waals surface area (Å²) in [5.74, 6) is 1.37. The number of rotatable bonds is 7. The Morgan fingerprint density at radius 1 is 1.11 bits per heavy atom. The number of aromatic carboxylic acids is 1. The molecule has 5 rings (SSSR count). The van der Waals surface area contributed by atoms with Crippen LogP contribution in [0.3, 0.4) is 0 Å². The van der Waals surface area contributed by atoms with Crippen LogP contribution in [-0.4, -0.2) is 48.3 Å². The fourth-order valence-corrected chi connectivity index (χ4v) is 4.50. The highest BCUT2D eigenvalue weighted by atomic mass is 16.5. The standard InChI is InChI=1S/C27H27N3O5/c31-26(23-6-2-3-19-11-14-34-25(19)23)29-21-7-8-24(28-16-21)30-12-9-18(10-13-30)17-35-22-5-1-4-20(15-22)27(32)33/h1-8,15-16,18H,9-14,17H2,(H,29,31)(H,32,33). The molecule has 0 aliphatic carbocycles. The minimum Gasteiger partial charge on any atom is -0.493 e. The molecular formula is C27H27N3O5. The summed E-state index contributed by atoms with van der Waals surface area (Å²) in [5, 5.41) is 12.0. The van der Waals surface area contributed by atoms with Gasteiger partial charge in [-0.1, -0.05) is 18.2 Å². The van der Waals surface area contributed by atoms with Gasteiger partial charge in [-0.3, -0.25) is 4.79 Å². The first-order chi connectivity index (χ1) is 17.1. The fourth-order valence-electron chi connectivity index (χ4n) is 4.50. The summed E-state index contributed by atoms with van der Waals surface area (Å²) >= 11 is 0. The normalized spacial score (nSPS) is 15.3. The highest BCUT2D eigenvalue weighted by molar-refractivity contribution is 6.06. The van der Waals surface area contributed by atoms with Crippen LogP contribution < -0.4 is 19.7 Å². The first-order valence-corrected chi connectivity index (χ1v) is 11.8. The van der Waals surface area contributed by atoms with E-state index in [1.807, 2.05) is 24.3 Å². The summed E-state index contributed by atoms with van der Waals surface area (Å²) in [6.07, 6.45) is 4.42. The number of nitrogens with zero attached hydrogens (tertiary/aromatic N) is 2. The van der Waals surface area contributed by atoms with Crippen molar-refractivity contribution in [3.63, 3.8) is 0 Å². The van der Waals surface area contributed by atoms with E-state index in [4.69, 9.17) is 14.6 Å². The third kappa shape index (κ3) is 5.21. The molecule has 1 fully saturated rings. The molecule has 3 heterocycles. The molecule has 1 amide bonds. The number of piperidine rings is 1. The van der Waals surface area contributed by atoms with Gasteiger partial charge < -0.3 is 24.8 Å². The smallest absolute Gasteiger partial charge is 0.335 e. The molecule has 35 heavy (non-hydrogen) atoms. The first-order valence-electron chi connectivity index (χ1n) is 11.8. The van der Waals surface area contributed by atoms with Crippen LogP contribution in [0.2, 0.25) is 0 Å².